The van der Waals surface area contributed by atoms with E-state index in [1.54, 1.807) is 42.5 Å². The predicted molar refractivity (Wildman–Crippen MR) is 107 cm³/mol. The number of para-hydroxylation sites is 1. The molecule has 0 aliphatic rings. The second-order valence-corrected chi connectivity index (χ2v) is 7.28. The minimum absolute atomic E-state index is 0.157. The van der Waals surface area contributed by atoms with Gasteiger partial charge in [0, 0.05) is 0 Å². The first-order chi connectivity index (χ1) is 13.2. The molecule has 1 aromatic carbocycles. The van der Waals surface area contributed by atoms with E-state index in [-0.39, 0.29) is 18.3 Å². The smallest absolute Gasteiger partial charge is 0.340 e. The van der Waals surface area contributed by atoms with Crippen molar-refractivity contribution in [1.29, 1.82) is 0 Å². The van der Waals surface area contributed by atoms with E-state index in [0.717, 1.165) is 10.6 Å². The molecule has 138 valence electrons. The van der Waals surface area contributed by atoms with Crippen LogP contribution in [0, 0.1) is 0 Å². The second kappa shape index (κ2) is 9.29. The maximum atomic E-state index is 12.2. The van der Waals surface area contributed by atoms with Crippen LogP contribution in [-0.4, -0.2) is 34.4 Å². The molecule has 3 aromatic rings. The Labute approximate surface area is 165 Å². The number of esters is 1. The van der Waals surface area contributed by atoms with Crippen LogP contribution in [0.15, 0.2) is 58.9 Å². The van der Waals surface area contributed by atoms with Gasteiger partial charge in [-0.1, -0.05) is 30.0 Å². The van der Waals surface area contributed by atoms with Gasteiger partial charge in [-0.05, 0) is 42.6 Å². The summed E-state index contributed by atoms with van der Waals surface area (Å²) in [6, 6.07) is 14.4. The Kier molecular flexibility index (Phi) is 6.56. The number of carbonyl (C=O) groups excluding carboxylic acids is 2. The molecule has 0 unspecified atom stereocenters. The number of carbonyl (C=O) groups is 2. The molecular formula is C19H17N3O3S2. The van der Waals surface area contributed by atoms with Gasteiger partial charge >= 0.3 is 5.97 Å². The third kappa shape index (κ3) is 5.15. The average Bonchev–Trinajstić information content (AvgIpc) is 3.22. The van der Waals surface area contributed by atoms with Gasteiger partial charge in [0.15, 0.2) is 0 Å². The summed E-state index contributed by atoms with van der Waals surface area (Å²) in [5.41, 5.74) is 1.57. The molecule has 8 heteroatoms. The molecule has 0 aliphatic heterocycles. The zero-order valence-corrected chi connectivity index (χ0v) is 16.2. The van der Waals surface area contributed by atoms with Crippen LogP contribution in [0.4, 0.5) is 5.69 Å². The Morgan fingerprint density at radius 3 is 2.67 bits per heavy atom. The van der Waals surface area contributed by atoms with E-state index in [4.69, 9.17) is 4.74 Å². The molecular weight excluding hydrogens is 382 g/mol. The van der Waals surface area contributed by atoms with Crippen LogP contribution in [0.3, 0.4) is 0 Å². The standard InChI is InChI=1S/C19H17N3O3S2/c1-2-25-19(24)13-6-3-4-7-14(13)20-17(23)12-27-18-10-9-15(21-22-18)16-8-5-11-26-16/h3-11H,2,12H2,1H3,(H,20,23). The minimum Gasteiger partial charge on any atom is -0.462 e. The normalized spacial score (nSPS) is 10.4. The van der Waals surface area contributed by atoms with Crippen molar-refractivity contribution in [2.45, 2.75) is 11.9 Å². The molecule has 0 atom stereocenters. The lowest BCUT2D eigenvalue weighted by molar-refractivity contribution is -0.113. The number of rotatable bonds is 7. The van der Waals surface area contributed by atoms with Gasteiger partial charge in [0.25, 0.3) is 0 Å². The summed E-state index contributed by atoms with van der Waals surface area (Å²) >= 11 is 2.88. The number of nitrogens with one attached hydrogen (secondary N) is 1. The molecule has 27 heavy (non-hydrogen) atoms. The van der Waals surface area contributed by atoms with Crippen LogP contribution in [0.5, 0.6) is 0 Å². The summed E-state index contributed by atoms with van der Waals surface area (Å²) in [5, 5.41) is 13.7. The van der Waals surface area contributed by atoms with Crippen molar-refractivity contribution in [3.05, 3.63) is 59.5 Å². The summed E-state index contributed by atoms with van der Waals surface area (Å²) in [5.74, 6) is -0.540. The van der Waals surface area contributed by atoms with E-state index in [1.165, 1.54) is 11.8 Å². The topological polar surface area (TPSA) is 81.2 Å². The number of thiophene rings is 1. The molecule has 2 aromatic heterocycles. The van der Waals surface area contributed by atoms with Crippen LogP contribution in [0.2, 0.25) is 0 Å². The van der Waals surface area contributed by atoms with Crippen LogP contribution in [-0.2, 0) is 9.53 Å². The van der Waals surface area contributed by atoms with E-state index >= 15 is 0 Å². The Hall–Kier alpha value is -2.71. The van der Waals surface area contributed by atoms with Crippen LogP contribution in [0.1, 0.15) is 17.3 Å². The lowest BCUT2D eigenvalue weighted by Crippen LogP contribution is -2.17. The van der Waals surface area contributed by atoms with Crippen LogP contribution < -0.4 is 5.32 Å². The fraction of sp³-hybridized carbons (Fsp3) is 0.158. The first-order valence-electron chi connectivity index (χ1n) is 8.23. The monoisotopic (exact) mass is 399 g/mol. The first-order valence-corrected chi connectivity index (χ1v) is 10.1. The van der Waals surface area contributed by atoms with Gasteiger partial charge in [0.1, 0.15) is 10.7 Å². The van der Waals surface area contributed by atoms with Gasteiger partial charge in [-0.2, -0.15) is 0 Å². The highest BCUT2D eigenvalue weighted by Crippen LogP contribution is 2.24. The van der Waals surface area contributed by atoms with Gasteiger partial charge < -0.3 is 10.1 Å². The lowest BCUT2D eigenvalue weighted by atomic mass is 10.2. The summed E-state index contributed by atoms with van der Waals surface area (Å²) < 4.78 is 5.01. The summed E-state index contributed by atoms with van der Waals surface area (Å²) in [6.45, 7) is 2.01. The van der Waals surface area contributed by atoms with Crippen LogP contribution >= 0.6 is 23.1 Å². The number of amides is 1. The molecule has 3 rings (SSSR count). The highest BCUT2D eigenvalue weighted by atomic mass is 32.2. The predicted octanol–water partition coefficient (Wildman–Crippen LogP) is 4.11. The van der Waals surface area contributed by atoms with E-state index in [2.05, 4.69) is 15.5 Å². The number of ether oxygens (including phenoxy) is 1. The number of thioether (sulfide) groups is 1. The number of aromatic nitrogens is 2. The zero-order chi connectivity index (χ0) is 19.1. The second-order valence-electron chi connectivity index (χ2n) is 5.34. The fourth-order valence-corrected chi connectivity index (χ4v) is 3.56. The van der Waals surface area contributed by atoms with Gasteiger partial charge in [-0.3, -0.25) is 4.79 Å². The van der Waals surface area contributed by atoms with E-state index in [9.17, 15) is 9.59 Å². The van der Waals surface area contributed by atoms with Gasteiger partial charge in [-0.25, -0.2) is 4.79 Å². The lowest BCUT2D eigenvalue weighted by Gasteiger charge is -2.10. The third-order valence-corrected chi connectivity index (χ3v) is 5.27. The SMILES string of the molecule is CCOC(=O)c1ccccc1NC(=O)CSc1ccc(-c2cccs2)nn1. The fourth-order valence-electron chi connectivity index (χ4n) is 2.26. The number of hydrogen-bond acceptors (Lipinski definition) is 7. The molecule has 0 saturated heterocycles. The van der Waals surface area contributed by atoms with E-state index in [0.29, 0.717) is 16.3 Å². The minimum atomic E-state index is -0.462. The molecule has 0 spiro atoms. The van der Waals surface area contributed by atoms with Crippen molar-refractivity contribution in [1.82, 2.24) is 10.2 Å². The Morgan fingerprint density at radius 2 is 1.96 bits per heavy atom. The highest BCUT2D eigenvalue weighted by Gasteiger charge is 2.14. The van der Waals surface area contributed by atoms with Crippen molar-refractivity contribution < 1.29 is 14.3 Å². The average molecular weight is 399 g/mol. The van der Waals surface area contributed by atoms with Crippen molar-refractivity contribution in [3.8, 4) is 10.6 Å². The Bertz CT molecular complexity index is 912. The summed E-state index contributed by atoms with van der Waals surface area (Å²) in [6.07, 6.45) is 0. The zero-order valence-electron chi connectivity index (χ0n) is 14.5. The van der Waals surface area contributed by atoms with E-state index in [1.807, 2.05) is 29.6 Å². The molecule has 2 heterocycles. The number of hydrogen-bond donors (Lipinski definition) is 1. The number of benzene rings is 1. The van der Waals surface area contributed by atoms with Crippen molar-refractivity contribution >= 4 is 40.7 Å². The third-order valence-electron chi connectivity index (χ3n) is 3.46. The molecule has 1 N–H and O–H groups in total. The quantitative estimate of drug-likeness (QED) is 0.476. The molecule has 0 fully saturated rings. The molecule has 1 amide bonds. The van der Waals surface area contributed by atoms with Crippen molar-refractivity contribution in [3.63, 3.8) is 0 Å². The van der Waals surface area contributed by atoms with Gasteiger partial charge in [-0.15, -0.1) is 21.5 Å². The maximum absolute atomic E-state index is 12.2. The Balaban J connectivity index is 1.58. The highest BCUT2D eigenvalue weighted by molar-refractivity contribution is 7.99. The molecule has 0 radical (unpaired) electrons. The largest absolute Gasteiger partial charge is 0.462 e. The summed E-state index contributed by atoms with van der Waals surface area (Å²) in [7, 11) is 0. The van der Waals surface area contributed by atoms with Crippen LogP contribution in [0.25, 0.3) is 10.6 Å². The summed E-state index contributed by atoms with van der Waals surface area (Å²) in [4.78, 5) is 25.2. The number of nitrogens with zero attached hydrogens (tertiary/aromatic N) is 2. The first kappa shape index (κ1) is 19.1. The molecule has 0 saturated carbocycles. The Morgan fingerprint density at radius 1 is 1.11 bits per heavy atom. The molecule has 0 bridgehead atoms. The van der Waals surface area contributed by atoms with Crippen molar-refractivity contribution in [2.75, 3.05) is 17.7 Å². The maximum Gasteiger partial charge on any atom is 0.340 e. The number of anilines is 1. The molecule has 0 aliphatic carbocycles. The molecule has 6 nitrogen and oxygen atoms in total. The van der Waals surface area contributed by atoms with Gasteiger partial charge in [0.05, 0.1) is 28.5 Å². The van der Waals surface area contributed by atoms with Gasteiger partial charge in [0.2, 0.25) is 5.91 Å². The van der Waals surface area contributed by atoms with Crippen molar-refractivity contribution in [2.24, 2.45) is 0 Å². The van der Waals surface area contributed by atoms with E-state index < -0.39 is 5.97 Å².